The zero-order valence-corrected chi connectivity index (χ0v) is 12.7. The van der Waals surface area contributed by atoms with Gasteiger partial charge in [-0.2, -0.15) is 0 Å². The lowest BCUT2D eigenvalue weighted by molar-refractivity contribution is -0.0266. The lowest BCUT2D eigenvalue weighted by atomic mass is 9.94. The average molecular weight is 265 g/mol. The van der Waals surface area contributed by atoms with Crippen LogP contribution in [-0.2, 0) is 0 Å². The van der Waals surface area contributed by atoms with Gasteiger partial charge in [-0.25, -0.2) is 0 Å². The van der Waals surface area contributed by atoms with E-state index in [0.29, 0.717) is 12.6 Å². The molecular formula is C16H27NO2. The minimum absolute atomic E-state index is 0.167. The smallest absolute Gasteiger partial charge is 0.119 e. The Morgan fingerprint density at radius 3 is 2.26 bits per heavy atom. The molecule has 0 spiro atoms. The molecule has 108 valence electrons. The minimum Gasteiger partial charge on any atom is -0.491 e. The summed E-state index contributed by atoms with van der Waals surface area (Å²) in [5.74, 6) is 0.969. The topological polar surface area (TPSA) is 41.5 Å². The molecule has 1 aromatic rings. The highest BCUT2D eigenvalue weighted by Crippen LogP contribution is 2.22. The van der Waals surface area contributed by atoms with Crippen molar-refractivity contribution in [3.05, 3.63) is 29.8 Å². The van der Waals surface area contributed by atoms with E-state index in [0.717, 1.165) is 12.2 Å². The Balaban J connectivity index is 2.62. The van der Waals surface area contributed by atoms with Gasteiger partial charge < -0.3 is 15.2 Å². The first kappa shape index (κ1) is 16.0. The van der Waals surface area contributed by atoms with Crippen molar-refractivity contribution in [2.45, 2.75) is 45.8 Å². The highest BCUT2D eigenvalue weighted by molar-refractivity contribution is 5.29. The van der Waals surface area contributed by atoms with Crippen molar-refractivity contribution in [3.8, 4) is 5.75 Å². The summed E-state index contributed by atoms with van der Waals surface area (Å²) in [4.78, 5) is 0. The Morgan fingerprint density at radius 1 is 1.26 bits per heavy atom. The second-order valence-corrected chi connectivity index (χ2v) is 5.62. The van der Waals surface area contributed by atoms with Crippen molar-refractivity contribution in [3.63, 3.8) is 0 Å². The lowest BCUT2D eigenvalue weighted by Gasteiger charge is -2.27. The van der Waals surface area contributed by atoms with Gasteiger partial charge in [0.15, 0.2) is 0 Å². The molecule has 1 aromatic carbocycles. The summed E-state index contributed by atoms with van der Waals surface area (Å²) < 4.78 is 5.66. The summed E-state index contributed by atoms with van der Waals surface area (Å²) in [7, 11) is 1.97. The monoisotopic (exact) mass is 265 g/mol. The zero-order chi connectivity index (χ0) is 14.5. The van der Waals surface area contributed by atoms with Gasteiger partial charge in [0, 0.05) is 6.04 Å². The van der Waals surface area contributed by atoms with Crippen LogP contribution in [0.5, 0.6) is 5.75 Å². The predicted molar refractivity (Wildman–Crippen MR) is 79.5 cm³/mol. The molecule has 2 atom stereocenters. The van der Waals surface area contributed by atoms with E-state index in [1.54, 1.807) is 6.92 Å². The molecule has 0 bridgehead atoms. The maximum atomic E-state index is 10.1. The molecule has 0 aliphatic heterocycles. The second-order valence-electron chi connectivity index (χ2n) is 5.62. The molecule has 0 radical (unpaired) electrons. The van der Waals surface area contributed by atoms with Crippen LogP contribution in [0.25, 0.3) is 0 Å². The number of rotatable bonds is 7. The van der Waals surface area contributed by atoms with Crippen molar-refractivity contribution in [2.75, 3.05) is 13.7 Å². The largest absolute Gasteiger partial charge is 0.491 e. The Hall–Kier alpha value is -1.06. The molecule has 19 heavy (non-hydrogen) atoms. The summed E-state index contributed by atoms with van der Waals surface area (Å²) >= 11 is 0. The highest BCUT2D eigenvalue weighted by atomic mass is 16.5. The SMILES string of the molecule is CCC(NC)c1ccc(OCC(C)(O)C(C)C)cc1. The van der Waals surface area contributed by atoms with Crippen LogP contribution in [-0.4, -0.2) is 24.4 Å². The molecule has 2 unspecified atom stereocenters. The molecule has 0 aromatic heterocycles. The standard InChI is InChI=1S/C16H27NO2/c1-6-15(17-5)13-7-9-14(10-8-13)19-11-16(4,18)12(2)3/h7-10,12,15,17-18H,6,11H2,1-5H3. The number of nitrogens with one attached hydrogen (secondary N) is 1. The van der Waals surface area contributed by atoms with Crippen molar-refractivity contribution < 1.29 is 9.84 Å². The van der Waals surface area contributed by atoms with E-state index in [2.05, 4.69) is 24.4 Å². The van der Waals surface area contributed by atoms with E-state index < -0.39 is 5.60 Å². The van der Waals surface area contributed by atoms with Gasteiger partial charge in [0.25, 0.3) is 0 Å². The van der Waals surface area contributed by atoms with Gasteiger partial charge in [-0.15, -0.1) is 0 Å². The van der Waals surface area contributed by atoms with Crippen LogP contribution in [0, 0.1) is 5.92 Å². The minimum atomic E-state index is -0.796. The van der Waals surface area contributed by atoms with Crippen LogP contribution in [0.3, 0.4) is 0 Å². The molecule has 0 aliphatic carbocycles. The van der Waals surface area contributed by atoms with Gasteiger partial charge >= 0.3 is 0 Å². The first-order valence-electron chi connectivity index (χ1n) is 7.03. The van der Waals surface area contributed by atoms with Gasteiger partial charge in [0.2, 0.25) is 0 Å². The molecule has 3 heteroatoms. The first-order chi connectivity index (χ1) is 8.90. The molecular weight excluding hydrogens is 238 g/mol. The van der Waals surface area contributed by atoms with Gasteiger partial charge in [0.05, 0.1) is 5.60 Å². The molecule has 0 heterocycles. The average Bonchev–Trinajstić information content (AvgIpc) is 2.39. The van der Waals surface area contributed by atoms with E-state index in [1.165, 1.54) is 5.56 Å². The van der Waals surface area contributed by atoms with Gasteiger partial charge in [-0.1, -0.05) is 32.9 Å². The third-order valence-corrected chi connectivity index (χ3v) is 3.81. The fourth-order valence-corrected chi connectivity index (χ4v) is 1.80. The van der Waals surface area contributed by atoms with E-state index in [4.69, 9.17) is 4.74 Å². The summed E-state index contributed by atoms with van der Waals surface area (Å²) in [6, 6.07) is 8.46. The molecule has 0 saturated heterocycles. The Morgan fingerprint density at radius 2 is 1.84 bits per heavy atom. The molecule has 0 amide bonds. The van der Waals surface area contributed by atoms with Crippen molar-refractivity contribution >= 4 is 0 Å². The molecule has 0 fully saturated rings. The van der Waals surface area contributed by atoms with Gasteiger partial charge in [-0.3, -0.25) is 0 Å². The molecule has 1 rings (SSSR count). The van der Waals surface area contributed by atoms with Crippen LogP contribution in [0.4, 0.5) is 0 Å². The van der Waals surface area contributed by atoms with Gasteiger partial charge in [-0.05, 0) is 44.0 Å². The van der Waals surface area contributed by atoms with Crippen molar-refractivity contribution in [1.29, 1.82) is 0 Å². The number of hydrogen-bond donors (Lipinski definition) is 2. The van der Waals surface area contributed by atoms with Crippen LogP contribution >= 0.6 is 0 Å². The van der Waals surface area contributed by atoms with Crippen molar-refractivity contribution in [2.24, 2.45) is 5.92 Å². The normalized spacial score (nSPS) is 16.2. The Labute approximate surface area is 117 Å². The maximum Gasteiger partial charge on any atom is 0.119 e. The quantitative estimate of drug-likeness (QED) is 0.796. The predicted octanol–water partition coefficient (Wildman–Crippen LogP) is 3.14. The number of benzene rings is 1. The van der Waals surface area contributed by atoms with Crippen LogP contribution < -0.4 is 10.1 Å². The molecule has 3 nitrogen and oxygen atoms in total. The third-order valence-electron chi connectivity index (χ3n) is 3.81. The third kappa shape index (κ3) is 4.51. The van der Waals surface area contributed by atoms with Crippen LogP contribution in [0.15, 0.2) is 24.3 Å². The summed E-state index contributed by atoms with van der Waals surface area (Å²) in [5, 5.41) is 13.4. The summed E-state index contributed by atoms with van der Waals surface area (Å²) in [5.41, 5.74) is 0.461. The fourth-order valence-electron chi connectivity index (χ4n) is 1.80. The molecule has 0 aliphatic rings. The second kappa shape index (κ2) is 6.92. The summed E-state index contributed by atoms with van der Waals surface area (Å²) in [6.07, 6.45) is 1.05. The van der Waals surface area contributed by atoms with Crippen LogP contribution in [0.2, 0.25) is 0 Å². The molecule has 0 saturated carbocycles. The van der Waals surface area contributed by atoms with E-state index in [1.807, 2.05) is 33.0 Å². The zero-order valence-electron chi connectivity index (χ0n) is 12.7. The number of aliphatic hydroxyl groups is 1. The fraction of sp³-hybridized carbons (Fsp3) is 0.625. The van der Waals surface area contributed by atoms with Gasteiger partial charge in [0.1, 0.15) is 12.4 Å². The van der Waals surface area contributed by atoms with E-state index in [-0.39, 0.29) is 5.92 Å². The Kier molecular flexibility index (Phi) is 5.83. The summed E-state index contributed by atoms with van der Waals surface area (Å²) in [6.45, 7) is 8.26. The van der Waals surface area contributed by atoms with E-state index >= 15 is 0 Å². The Bertz CT molecular complexity index is 367. The lowest BCUT2D eigenvalue weighted by Crippen LogP contribution is -2.37. The van der Waals surface area contributed by atoms with Crippen LogP contribution in [0.1, 0.15) is 45.7 Å². The maximum absolute atomic E-state index is 10.1. The number of ether oxygens (including phenoxy) is 1. The first-order valence-corrected chi connectivity index (χ1v) is 7.03. The van der Waals surface area contributed by atoms with Crippen molar-refractivity contribution in [1.82, 2.24) is 5.32 Å². The number of hydrogen-bond acceptors (Lipinski definition) is 3. The molecule has 2 N–H and O–H groups in total. The highest BCUT2D eigenvalue weighted by Gasteiger charge is 2.25. The van der Waals surface area contributed by atoms with E-state index in [9.17, 15) is 5.11 Å².